The number of nitrogens with one attached hydrogen (secondary N) is 1. The minimum atomic E-state index is -0.251. The van der Waals surface area contributed by atoms with Gasteiger partial charge < -0.3 is 15.0 Å². The molecule has 0 aliphatic carbocycles. The van der Waals surface area contributed by atoms with Crippen molar-refractivity contribution in [3.8, 4) is 5.75 Å². The van der Waals surface area contributed by atoms with Gasteiger partial charge in [-0.25, -0.2) is 9.97 Å². The Morgan fingerprint density at radius 3 is 2.31 bits per heavy atom. The molecule has 2 aromatic carbocycles. The first-order chi connectivity index (χ1) is 14.1. The zero-order valence-corrected chi connectivity index (χ0v) is 17.0. The molecule has 0 aliphatic rings. The van der Waals surface area contributed by atoms with Crippen LogP contribution >= 0.6 is 0 Å². The standard InChI is InChI=1S/C23H26N4O2/c1-17(2)27(16-19-7-5-4-6-8-19)22-15-24-21(14-25-22)23(28)26-13-18-9-11-20(29-3)12-10-18/h4-12,14-15,17H,13,16H2,1-3H3,(H,26,28). The molecule has 0 spiro atoms. The smallest absolute Gasteiger partial charge is 0.271 e. The summed E-state index contributed by atoms with van der Waals surface area (Å²) in [6, 6.07) is 18.0. The molecule has 0 saturated carbocycles. The Bertz CT molecular complexity index is 910. The third kappa shape index (κ3) is 5.54. The molecule has 6 heteroatoms. The second kappa shape index (κ2) is 9.68. The minimum Gasteiger partial charge on any atom is -0.497 e. The maximum Gasteiger partial charge on any atom is 0.271 e. The van der Waals surface area contributed by atoms with Gasteiger partial charge in [0.1, 0.15) is 17.3 Å². The summed E-state index contributed by atoms with van der Waals surface area (Å²) in [5.74, 6) is 1.28. The molecule has 6 nitrogen and oxygen atoms in total. The van der Waals surface area contributed by atoms with E-state index in [1.54, 1.807) is 13.3 Å². The van der Waals surface area contributed by atoms with Crippen LogP contribution in [-0.4, -0.2) is 29.0 Å². The van der Waals surface area contributed by atoms with E-state index in [0.717, 1.165) is 23.7 Å². The van der Waals surface area contributed by atoms with E-state index in [9.17, 15) is 4.79 Å². The summed E-state index contributed by atoms with van der Waals surface area (Å²) in [5, 5.41) is 2.87. The minimum absolute atomic E-state index is 0.249. The maximum absolute atomic E-state index is 12.4. The molecule has 0 fully saturated rings. The fourth-order valence-electron chi connectivity index (χ4n) is 2.91. The number of amides is 1. The van der Waals surface area contributed by atoms with E-state index in [0.29, 0.717) is 12.2 Å². The van der Waals surface area contributed by atoms with Crippen molar-refractivity contribution in [2.24, 2.45) is 0 Å². The number of hydrogen-bond acceptors (Lipinski definition) is 5. The van der Waals surface area contributed by atoms with E-state index in [-0.39, 0.29) is 11.9 Å². The Balaban J connectivity index is 1.63. The van der Waals surface area contributed by atoms with Gasteiger partial charge in [-0.2, -0.15) is 0 Å². The van der Waals surface area contributed by atoms with Crippen LogP contribution in [0.4, 0.5) is 5.82 Å². The number of rotatable bonds is 8. The highest BCUT2D eigenvalue weighted by Gasteiger charge is 2.15. The van der Waals surface area contributed by atoms with Crippen molar-refractivity contribution in [2.75, 3.05) is 12.0 Å². The van der Waals surface area contributed by atoms with Gasteiger partial charge in [0.25, 0.3) is 5.91 Å². The third-order valence-electron chi connectivity index (χ3n) is 4.60. The first-order valence-corrected chi connectivity index (χ1v) is 9.60. The van der Waals surface area contributed by atoms with Gasteiger partial charge in [0.2, 0.25) is 0 Å². The molecule has 1 aromatic heterocycles. The highest BCUT2D eigenvalue weighted by Crippen LogP contribution is 2.17. The van der Waals surface area contributed by atoms with Crippen LogP contribution in [0.1, 0.15) is 35.5 Å². The van der Waals surface area contributed by atoms with E-state index in [1.165, 1.54) is 11.8 Å². The molecular formula is C23H26N4O2. The highest BCUT2D eigenvalue weighted by atomic mass is 16.5. The average Bonchev–Trinajstić information content (AvgIpc) is 2.77. The van der Waals surface area contributed by atoms with Crippen molar-refractivity contribution in [3.63, 3.8) is 0 Å². The number of carbonyl (C=O) groups is 1. The normalized spacial score (nSPS) is 10.6. The summed E-state index contributed by atoms with van der Waals surface area (Å²) in [6.45, 7) is 5.37. The number of nitrogens with zero attached hydrogens (tertiary/aromatic N) is 3. The molecule has 1 N–H and O–H groups in total. The van der Waals surface area contributed by atoms with Gasteiger partial charge in [-0.05, 0) is 37.1 Å². The lowest BCUT2D eigenvalue weighted by Gasteiger charge is -2.27. The summed E-state index contributed by atoms with van der Waals surface area (Å²) in [6.07, 6.45) is 3.18. The van der Waals surface area contributed by atoms with Gasteiger partial charge in [0.15, 0.2) is 0 Å². The van der Waals surface area contributed by atoms with E-state index >= 15 is 0 Å². The monoisotopic (exact) mass is 390 g/mol. The third-order valence-corrected chi connectivity index (χ3v) is 4.60. The van der Waals surface area contributed by atoms with Crippen LogP contribution in [-0.2, 0) is 13.1 Å². The number of carbonyl (C=O) groups excluding carboxylic acids is 1. The van der Waals surface area contributed by atoms with Gasteiger partial charge in [-0.15, -0.1) is 0 Å². The quantitative estimate of drug-likeness (QED) is 0.633. The Kier molecular flexibility index (Phi) is 6.79. The van der Waals surface area contributed by atoms with E-state index in [2.05, 4.69) is 46.2 Å². The fraction of sp³-hybridized carbons (Fsp3) is 0.261. The summed E-state index contributed by atoms with van der Waals surface area (Å²) in [5.41, 5.74) is 2.48. The molecule has 0 radical (unpaired) electrons. The van der Waals surface area contributed by atoms with Gasteiger partial charge in [-0.3, -0.25) is 4.79 Å². The predicted molar refractivity (Wildman–Crippen MR) is 114 cm³/mol. The molecule has 0 aliphatic heterocycles. The van der Waals surface area contributed by atoms with E-state index in [4.69, 9.17) is 4.74 Å². The molecule has 3 aromatic rings. The van der Waals surface area contributed by atoms with E-state index < -0.39 is 0 Å². The SMILES string of the molecule is COc1ccc(CNC(=O)c2cnc(N(Cc3ccccc3)C(C)C)cn2)cc1. The Morgan fingerprint density at radius 1 is 1.00 bits per heavy atom. The molecule has 3 rings (SSSR count). The molecule has 0 atom stereocenters. The van der Waals surface area contributed by atoms with Gasteiger partial charge in [0, 0.05) is 19.1 Å². The first-order valence-electron chi connectivity index (χ1n) is 9.60. The predicted octanol–water partition coefficient (Wildman–Crippen LogP) is 3.83. The largest absolute Gasteiger partial charge is 0.497 e. The topological polar surface area (TPSA) is 67.3 Å². The number of aromatic nitrogens is 2. The van der Waals surface area contributed by atoms with Gasteiger partial charge >= 0.3 is 0 Å². The van der Waals surface area contributed by atoms with Crippen molar-refractivity contribution in [3.05, 3.63) is 83.8 Å². The Morgan fingerprint density at radius 2 is 1.72 bits per heavy atom. The van der Waals surface area contributed by atoms with E-state index in [1.807, 2.05) is 42.5 Å². The van der Waals surface area contributed by atoms with Crippen LogP contribution in [0.2, 0.25) is 0 Å². The van der Waals surface area contributed by atoms with Crippen molar-refractivity contribution < 1.29 is 9.53 Å². The summed E-state index contributed by atoms with van der Waals surface area (Å²) >= 11 is 0. The zero-order valence-electron chi connectivity index (χ0n) is 17.0. The number of ether oxygens (including phenoxy) is 1. The lowest BCUT2D eigenvalue weighted by atomic mass is 10.2. The highest BCUT2D eigenvalue weighted by molar-refractivity contribution is 5.91. The molecule has 29 heavy (non-hydrogen) atoms. The lowest BCUT2D eigenvalue weighted by Crippen LogP contribution is -2.31. The molecule has 150 valence electrons. The van der Waals surface area contributed by atoms with Crippen LogP contribution in [0.3, 0.4) is 0 Å². The summed E-state index contributed by atoms with van der Waals surface area (Å²) in [4.78, 5) is 23.4. The Labute approximate surface area is 171 Å². The number of methoxy groups -OCH3 is 1. The molecule has 1 amide bonds. The second-order valence-electron chi connectivity index (χ2n) is 7.00. The van der Waals surface area contributed by atoms with Crippen molar-refractivity contribution >= 4 is 11.7 Å². The summed E-state index contributed by atoms with van der Waals surface area (Å²) in [7, 11) is 1.62. The molecule has 0 bridgehead atoms. The van der Waals surface area contributed by atoms with Gasteiger partial charge in [0.05, 0.1) is 19.5 Å². The average molecular weight is 390 g/mol. The van der Waals surface area contributed by atoms with Gasteiger partial charge in [-0.1, -0.05) is 42.5 Å². The van der Waals surface area contributed by atoms with Crippen molar-refractivity contribution in [1.29, 1.82) is 0 Å². The lowest BCUT2D eigenvalue weighted by molar-refractivity contribution is 0.0945. The first kappa shape index (κ1) is 20.3. The number of benzene rings is 2. The van der Waals surface area contributed by atoms with Crippen LogP contribution in [0.15, 0.2) is 67.0 Å². The molecule has 0 unspecified atom stereocenters. The number of anilines is 1. The second-order valence-corrected chi connectivity index (χ2v) is 7.00. The maximum atomic E-state index is 12.4. The van der Waals surface area contributed by atoms with Crippen molar-refractivity contribution in [1.82, 2.24) is 15.3 Å². The number of hydrogen-bond donors (Lipinski definition) is 1. The fourth-order valence-corrected chi connectivity index (χ4v) is 2.91. The van der Waals surface area contributed by atoms with Crippen LogP contribution in [0.5, 0.6) is 5.75 Å². The zero-order chi connectivity index (χ0) is 20.6. The Hall–Kier alpha value is -3.41. The molecular weight excluding hydrogens is 364 g/mol. The van der Waals surface area contributed by atoms with Crippen molar-refractivity contribution in [2.45, 2.75) is 33.0 Å². The van der Waals surface area contributed by atoms with Crippen LogP contribution in [0, 0.1) is 0 Å². The molecule has 0 saturated heterocycles. The van der Waals surface area contributed by atoms with Crippen LogP contribution in [0.25, 0.3) is 0 Å². The molecule has 1 heterocycles. The summed E-state index contributed by atoms with van der Waals surface area (Å²) < 4.78 is 5.14. The van der Waals surface area contributed by atoms with Crippen LogP contribution < -0.4 is 15.0 Å².